The molecule has 244 valence electrons. The first-order chi connectivity index (χ1) is 20.6. The molecule has 2 saturated heterocycles. The van der Waals surface area contributed by atoms with Crippen molar-refractivity contribution in [2.75, 3.05) is 0 Å². The predicted octanol–water partition coefficient (Wildman–Crippen LogP) is 12.8. The van der Waals surface area contributed by atoms with Crippen LogP contribution in [0.15, 0.2) is 71.7 Å². The fourth-order valence-electron chi connectivity index (χ4n) is 6.53. The summed E-state index contributed by atoms with van der Waals surface area (Å²) in [7, 11) is -3.96. The molecule has 2 aromatic carbocycles. The molecule has 2 fully saturated rings. The monoisotopic (exact) mass is 706 g/mol. The van der Waals surface area contributed by atoms with Crippen LogP contribution in [0.3, 0.4) is 0 Å². The number of nitrogens with zero attached hydrogens (tertiary/aromatic N) is 2. The van der Waals surface area contributed by atoms with E-state index >= 15 is 0 Å². The molecule has 0 aliphatic carbocycles. The zero-order valence-electron chi connectivity index (χ0n) is 30.8. The molecule has 0 bridgehead atoms. The van der Waals surface area contributed by atoms with Crippen molar-refractivity contribution >= 4 is 39.7 Å². The van der Waals surface area contributed by atoms with Crippen LogP contribution >= 0.6 is 0 Å². The van der Waals surface area contributed by atoms with Gasteiger partial charge >= 0.3 is 21.7 Å². The molecule has 0 N–H and O–H groups in total. The summed E-state index contributed by atoms with van der Waals surface area (Å²) < 4.78 is 9.86. The molecular formula is C37H63BN2Si4Ti. The second-order valence-electron chi connectivity index (χ2n) is 15.4. The summed E-state index contributed by atoms with van der Waals surface area (Å²) >= 11 is 0. The molecule has 2 nitrogen and oxygen atoms in total. The Bertz CT molecular complexity index is 1100. The number of allylic oxidation sites excluding steroid dienone is 2. The van der Waals surface area contributed by atoms with Crippen LogP contribution in [0.2, 0.25) is 89.2 Å². The van der Waals surface area contributed by atoms with Crippen LogP contribution in [0, 0.1) is 12.2 Å². The zero-order valence-corrected chi connectivity index (χ0v) is 36.4. The molecular weight excluding hydrogens is 643 g/mol. The van der Waals surface area contributed by atoms with Crippen molar-refractivity contribution in [1.82, 2.24) is 0 Å². The fraction of sp³-hybridized carbons (Fsp3) is 0.568. The zero-order chi connectivity index (χ0) is 32.9. The third-order valence-electron chi connectivity index (χ3n) is 8.54. The molecule has 8 heteroatoms. The van der Waals surface area contributed by atoms with Crippen LogP contribution in [0.5, 0.6) is 0 Å². The average molecular weight is 707 g/mol. The Kier molecular flexibility index (Phi) is 19.0. The molecule has 0 radical (unpaired) electrons. The smallest absolute Gasteiger partial charge is 0.667 e. The molecule has 2 aromatic rings. The third-order valence-corrected chi connectivity index (χ3v) is 25.1. The van der Waals surface area contributed by atoms with Crippen molar-refractivity contribution in [2.45, 2.75) is 136 Å². The Morgan fingerprint density at radius 1 is 0.578 bits per heavy atom. The number of benzene rings is 2. The molecule has 4 rings (SSSR count). The van der Waals surface area contributed by atoms with Gasteiger partial charge in [-0.2, -0.15) is 23.3 Å². The van der Waals surface area contributed by atoms with Gasteiger partial charge < -0.3 is 9.30 Å². The van der Waals surface area contributed by atoms with Gasteiger partial charge in [-0.15, -0.1) is 48.5 Å². The van der Waals surface area contributed by atoms with E-state index in [9.17, 15) is 0 Å². The van der Waals surface area contributed by atoms with Gasteiger partial charge in [0.05, 0.1) is 0 Å². The van der Waals surface area contributed by atoms with Crippen LogP contribution in [0.4, 0.5) is 0 Å². The Morgan fingerprint density at radius 3 is 1.22 bits per heavy atom. The summed E-state index contributed by atoms with van der Waals surface area (Å²) in [5.74, 6) is 0. The van der Waals surface area contributed by atoms with Crippen LogP contribution in [0.25, 0.3) is 9.30 Å². The molecule has 2 heterocycles. The summed E-state index contributed by atoms with van der Waals surface area (Å²) in [6, 6.07) is 26.9. The number of hydrogen-bond acceptors (Lipinski definition) is 0. The molecule has 45 heavy (non-hydrogen) atoms. The van der Waals surface area contributed by atoms with E-state index in [1.807, 2.05) is 0 Å². The largest absolute Gasteiger partial charge is 4.00 e. The second-order valence-corrected chi connectivity index (χ2v) is 33.7. The predicted molar refractivity (Wildman–Crippen MR) is 211 cm³/mol. The molecule has 0 aromatic heterocycles. The maximum atomic E-state index is 4.93. The molecule has 2 aliphatic rings. The summed E-state index contributed by atoms with van der Waals surface area (Å²) in [5, 5.41) is 0. The maximum absolute atomic E-state index is 4.93. The number of rotatable bonds is 10. The van der Waals surface area contributed by atoms with Gasteiger partial charge in [0.1, 0.15) is 6.71 Å². The van der Waals surface area contributed by atoms with Gasteiger partial charge in [0, 0.05) is 0 Å². The van der Waals surface area contributed by atoms with Crippen molar-refractivity contribution in [3.8, 4) is 0 Å². The molecule has 0 atom stereocenters. The van der Waals surface area contributed by atoms with Crippen LogP contribution in [-0.4, -0.2) is 39.7 Å². The van der Waals surface area contributed by atoms with Crippen molar-refractivity contribution in [3.63, 3.8) is 0 Å². The van der Waals surface area contributed by atoms with Crippen molar-refractivity contribution < 1.29 is 21.7 Å². The van der Waals surface area contributed by atoms with Gasteiger partial charge in [0.25, 0.3) is 0 Å². The summed E-state index contributed by atoms with van der Waals surface area (Å²) in [6.45, 7) is 26.4. The topological polar surface area (TPSA) is 28.2 Å². The quantitative estimate of drug-likeness (QED) is 0.134. The normalized spacial score (nSPS) is 19.4. The molecule has 0 amide bonds. The van der Waals surface area contributed by atoms with Gasteiger partial charge in [0.15, 0.2) is 0 Å². The van der Waals surface area contributed by atoms with Crippen molar-refractivity contribution in [3.05, 3.63) is 104 Å². The number of hydrogen-bond donors (Lipinski definition) is 0. The van der Waals surface area contributed by atoms with E-state index in [0.717, 1.165) is 18.4 Å². The minimum absolute atomic E-state index is 0. The van der Waals surface area contributed by atoms with Crippen LogP contribution in [0.1, 0.15) is 57.6 Å². The second kappa shape index (κ2) is 20.1. The van der Waals surface area contributed by atoms with Crippen molar-refractivity contribution in [2.24, 2.45) is 0 Å². The van der Waals surface area contributed by atoms with Gasteiger partial charge in [-0.25, -0.2) is 11.0 Å². The van der Waals surface area contributed by atoms with E-state index in [4.69, 9.17) is 9.30 Å². The first-order valence-corrected chi connectivity index (χ1v) is 30.1. The molecule has 0 unspecified atom stereocenters. The summed E-state index contributed by atoms with van der Waals surface area (Å²) in [4.78, 5) is 0. The van der Waals surface area contributed by atoms with Gasteiger partial charge in [-0.3, -0.25) is 0 Å². The summed E-state index contributed by atoms with van der Waals surface area (Å²) in [6.07, 6.45) is 14.5. The Hall–Kier alpha value is -0.513. The van der Waals surface area contributed by atoms with E-state index in [-0.39, 0.29) is 21.7 Å². The molecule has 2 aliphatic heterocycles. The average Bonchev–Trinajstić information content (AvgIpc) is 3.38. The molecule has 0 spiro atoms. The van der Waals surface area contributed by atoms with Crippen molar-refractivity contribution in [1.29, 1.82) is 0 Å². The Labute approximate surface area is 299 Å². The van der Waals surface area contributed by atoms with E-state index in [1.165, 1.54) is 66.3 Å². The Morgan fingerprint density at radius 2 is 0.933 bits per heavy atom. The van der Waals surface area contributed by atoms with Gasteiger partial charge in [-0.1, -0.05) is 181 Å². The van der Waals surface area contributed by atoms with E-state index in [0.29, 0.717) is 6.71 Å². The van der Waals surface area contributed by atoms with Gasteiger partial charge in [0.2, 0.25) is 0 Å². The SMILES string of the molecule is CCCB(CCC)C(=[C-]c1ccccc1)C(=[C-]c1ccccc1)CCC.C[Si]1(C)CC[Si](C)(C)[N-]1.C[Si]1(C)CC[Si](C)(C)[N-]1.[Ti+4]. The van der Waals surface area contributed by atoms with Gasteiger partial charge in [-0.05, 0) is 0 Å². The van der Waals surface area contributed by atoms with Crippen LogP contribution in [-0.2, 0) is 21.7 Å². The van der Waals surface area contributed by atoms with E-state index in [1.54, 1.807) is 0 Å². The standard InChI is InChI=1S/C25H31B.2C6H16NSi2.Ti/c1-4-13-24(20-22-14-9-7-10-15-22)25(26(18-5-2)19-6-3)21-23-16-11-8-12-17-23;2*1-8(2)5-6-9(3,4)7-8;/h7-12,14-17H,4-6,13,18-19H2,1-3H3;2*5-6H2,1-4H3;/q-2;2*-1;+4. The minimum Gasteiger partial charge on any atom is -0.667 e. The maximum Gasteiger partial charge on any atom is 4.00 e. The minimum atomic E-state index is -0.989. The summed E-state index contributed by atoms with van der Waals surface area (Å²) in [5.41, 5.74) is 5.03. The van der Waals surface area contributed by atoms with E-state index < -0.39 is 32.9 Å². The Balaban J connectivity index is 0.000000432. The fourth-order valence-corrected chi connectivity index (χ4v) is 31.2. The third kappa shape index (κ3) is 16.9. The molecule has 0 saturated carbocycles. The first kappa shape index (κ1) is 42.5. The first-order valence-electron chi connectivity index (χ1n) is 17.5. The van der Waals surface area contributed by atoms with Crippen LogP contribution < -0.4 is 0 Å². The van der Waals surface area contributed by atoms with E-state index in [2.05, 4.69) is 146 Å².